The second kappa shape index (κ2) is 7.30. The zero-order valence-corrected chi connectivity index (χ0v) is 15.2. The van der Waals surface area contributed by atoms with Gasteiger partial charge in [0.05, 0.1) is 18.2 Å². The minimum atomic E-state index is -4.57. The Balaban J connectivity index is 1.71. The fraction of sp³-hybridized carbons (Fsp3) is 0.333. The highest BCUT2D eigenvalue weighted by Crippen LogP contribution is 2.34. The van der Waals surface area contributed by atoms with Crippen molar-refractivity contribution in [1.82, 2.24) is 14.3 Å². The van der Waals surface area contributed by atoms with Crippen LogP contribution < -0.4 is 0 Å². The number of carbonyl (C=O) groups is 1. The van der Waals surface area contributed by atoms with E-state index < -0.39 is 11.9 Å². The first-order valence-corrected chi connectivity index (χ1v) is 9.32. The van der Waals surface area contributed by atoms with Crippen LogP contribution >= 0.6 is 0 Å². The number of benzene rings is 1. The van der Waals surface area contributed by atoms with Crippen LogP contribution in [0, 0.1) is 0 Å². The van der Waals surface area contributed by atoms with Gasteiger partial charge in [0.1, 0.15) is 5.65 Å². The fourth-order valence-electron chi connectivity index (χ4n) is 3.86. The molecule has 0 spiro atoms. The monoisotopic (exact) mass is 387 g/mol. The van der Waals surface area contributed by atoms with Crippen molar-refractivity contribution in [3.8, 4) is 0 Å². The van der Waals surface area contributed by atoms with Gasteiger partial charge in [0.15, 0.2) is 5.69 Å². The minimum absolute atomic E-state index is 0.00478. The Labute approximate surface area is 160 Å². The van der Waals surface area contributed by atoms with Crippen molar-refractivity contribution in [3.63, 3.8) is 0 Å². The number of aromatic nitrogens is 2. The maximum atomic E-state index is 13.6. The zero-order valence-electron chi connectivity index (χ0n) is 15.2. The topological polar surface area (TPSA) is 37.6 Å². The molecule has 0 saturated carbocycles. The molecular weight excluding hydrogens is 367 g/mol. The Hall–Kier alpha value is -2.83. The molecule has 1 atom stereocenters. The smallest absolute Gasteiger partial charge is 0.336 e. The highest BCUT2D eigenvalue weighted by atomic mass is 19.4. The van der Waals surface area contributed by atoms with Gasteiger partial charge in [-0.05, 0) is 30.5 Å². The number of fused-ring (bicyclic) bond motifs is 1. The first-order chi connectivity index (χ1) is 13.4. The Bertz CT molecular complexity index is 981. The summed E-state index contributed by atoms with van der Waals surface area (Å²) in [4.78, 5) is 18.5. The summed E-state index contributed by atoms with van der Waals surface area (Å²) in [6.07, 6.45) is -0.675. The summed E-state index contributed by atoms with van der Waals surface area (Å²) in [7, 11) is 0. The molecule has 1 aromatic carbocycles. The molecule has 7 heteroatoms. The van der Waals surface area contributed by atoms with Crippen LogP contribution in [0.3, 0.4) is 0 Å². The lowest BCUT2D eigenvalue weighted by atomic mass is 9.93. The zero-order chi connectivity index (χ0) is 19.7. The van der Waals surface area contributed by atoms with E-state index in [1.165, 1.54) is 10.5 Å². The van der Waals surface area contributed by atoms with Gasteiger partial charge < -0.3 is 9.30 Å². The summed E-state index contributed by atoms with van der Waals surface area (Å²) < 4.78 is 42.2. The lowest BCUT2D eigenvalue weighted by molar-refractivity contribution is -0.143. The predicted molar refractivity (Wildman–Crippen MR) is 98.6 cm³/mol. The maximum absolute atomic E-state index is 13.6. The van der Waals surface area contributed by atoms with E-state index in [9.17, 15) is 18.0 Å². The van der Waals surface area contributed by atoms with Crippen LogP contribution in [-0.2, 0) is 17.5 Å². The summed E-state index contributed by atoms with van der Waals surface area (Å²) in [5.41, 5.74) is 0.220. The molecule has 1 fully saturated rings. The highest BCUT2D eigenvalue weighted by Gasteiger charge is 2.39. The van der Waals surface area contributed by atoms with Gasteiger partial charge in [-0.1, -0.05) is 42.8 Å². The van der Waals surface area contributed by atoms with Crippen molar-refractivity contribution < 1.29 is 18.0 Å². The molecule has 1 unspecified atom stereocenters. The molecule has 4 nitrogen and oxygen atoms in total. The third-order valence-corrected chi connectivity index (χ3v) is 5.22. The fourth-order valence-corrected chi connectivity index (χ4v) is 3.86. The van der Waals surface area contributed by atoms with E-state index in [1.807, 2.05) is 30.3 Å². The number of rotatable bonds is 3. The average Bonchev–Trinajstić information content (AvgIpc) is 2.96. The van der Waals surface area contributed by atoms with Crippen LogP contribution in [0.2, 0.25) is 0 Å². The van der Waals surface area contributed by atoms with E-state index in [4.69, 9.17) is 0 Å². The lowest BCUT2D eigenvalue weighted by Gasteiger charge is -2.25. The quantitative estimate of drug-likeness (QED) is 0.656. The Morgan fingerprint density at radius 1 is 1.04 bits per heavy atom. The minimum Gasteiger partial charge on any atom is -0.336 e. The number of imidazole rings is 1. The SMILES string of the molecule is O=C1C(c2ccccc2)CCCCN1Cc1c(C(F)(F)F)nc2ccccn12. The molecule has 1 aliphatic rings. The second-order valence-electron chi connectivity index (χ2n) is 7.05. The molecule has 0 radical (unpaired) electrons. The molecule has 28 heavy (non-hydrogen) atoms. The summed E-state index contributed by atoms with van der Waals surface area (Å²) >= 11 is 0. The number of hydrogen-bond acceptors (Lipinski definition) is 2. The number of halogens is 3. The van der Waals surface area contributed by atoms with Crippen molar-refractivity contribution in [3.05, 3.63) is 71.7 Å². The van der Waals surface area contributed by atoms with Crippen molar-refractivity contribution in [1.29, 1.82) is 0 Å². The first-order valence-electron chi connectivity index (χ1n) is 9.32. The van der Waals surface area contributed by atoms with Gasteiger partial charge in [0, 0.05) is 12.7 Å². The number of carbonyl (C=O) groups excluding carboxylic acids is 1. The molecule has 3 aromatic rings. The number of likely N-dealkylation sites (tertiary alicyclic amines) is 1. The number of hydrogen-bond donors (Lipinski definition) is 0. The van der Waals surface area contributed by atoms with Gasteiger partial charge in [0.2, 0.25) is 5.91 Å². The summed E-state index contributed by atoms with van der Waals surface area (Å²) in [6, 6.07) is 14.3. The van der Waals surface area contributed by atoms with Crippen LogP contribution in [0.1, 0.15) is 42.1 Å². The molecular formula is C21H20F3N3O. The van der Waals surface area contributed by atoms with Crippen molar-refractivity contribution >= 4 is 11.6 Å². The van der Waals surface area contributed by atoms with E-state index in [0.717, 1.165) is 18.4 Å². The van der Waals surface area contributed by atoms with E-state index >= 15 is 0 Å². The largest absolute Gasteiger partial charge is 0.435 e. The standard InChI is InChI=1S/C21H20F3N3O/c22-21(23,24)19-17(27-13-7-5-11-18(27)25-19)14-26-12-6-4-10-16(20(26)28)15-8-2-1-3-9-15/h1-3,5,7-9,11,13,16H,4,6,10,12,14H2. The molecule has 2 aromatic heterocycles. The van der Waals surface area contributed by atoms with Crippen molar-refractivity contribution in [2.45, 2.75) is 37.9 Å². The molecule has 146 valence electrons. The molecule has 0 bridgehead atoms. The summed E-state index contributed by atoms with van der Waals surface area (Å²) in [6.45, 7) is 0.335. The van der Waals surface area contributed by atoms with Crippen LogP contribution in [0.15, 0.2) is 54.7 Å². The molecule has 3 heterocycles. The third-order valence-electron chi connectivity index (χ3n) is 5.22. The number of amides is 1. The van der Waals surface area contributed by atoms with Gasteiger partial charge in [-0.25, -0.2) is 4.98 Å². The van der Waals surface area contributed by atoms with Crippen molar-refractivity contribution in [2.75, 3.05) is 6.54 Å². The number of nitrogens with zero attached hydrogens (tertiary/aromatic N) is 3. The van der Waals surface area contributed by atoms with Crippen LogP contribution in [0.25, 0.3) is 5.65 Å². The number of pyridine rings is 1. The Morgan fingerprint density at radius 2 is 1.79 bits per heavy atom. The van der Waals surface area contributed by atoms with Crippen LogP contribution in [-0.4, -0.2) is 26.7 Å². The van der Waals surface area contributed by atoms with Gasteiger partial charge in [-0.15, -0.1) is 0 Å². The number of alkyl halides is 3. The molecule has 0 aliphatic carbocycles. The van der Waals surface area contributed by atoms with Gasteiger partial charge in [-0.2, -0.15) is 13.2 Å². The first kappa shape index (κ1) is 18.5. The normalized spacial score (nSPS) is 18.5. The molecule has 1 saturated heterocycles. The van der Waals surface area contributed by atoms with Crippen LogP contribution in [0.4, 0.5) is 13.2 Å². The maximum Gasteiger partial charge on any atom is 0.435 e. The Kier molecular flexibility index (Phi) is 4.83. The van der Waals surface area contributed by atoms with Crippen LogP contribution in [0.5, 0.6) is 0 Å². The average molecular weight is 387 g/mol. The molecule has 0 N–H and O–H groups in total. The van der Waals surface area contributed by atoms with Gasteiger partial charge in [0.25, 0.3) is 0 Å². The molecule has 1 aliphatic heterocycles. The summed E-state index contributed by atoms with van der Waals surface area (Å²) in [5.74, 6) is -0.445. The van der Waals surface area contributed by atoms with E-state index in [2.05, 4.69) is 4.98 Å². The third kappa shape index (κ3) is 3.48. The lowest BCUT2D eigenvalue weighted by Crippen LogP contribution is -2.34. The predicted octanol–water partition coefficient (Wildman–Crippen LogP) is 4.65. The second-order valence-corrected chi connectivity index (χ2v) is 7.05. The van der Waals surface area contributed by atoms with Gasteiger partial charge in [-0.3, -0.25) is 4.79 Å². The molecule has 1 amide bonds. The van der Waals surface area contributed by atoms with E-state index in [0.29, 0.717) is 13.0 Å². The van der Waals surface area contributed by atoms with Gasteiger partial charge >= 0.3 is 6.18 Å². The summed E-state index contributed by atoms with van der Waals surface area (Å²) in [5, 5.41) is 0. The highest BCUT2D eigenvalue weighted by molar-refractivity contribution is 5.84. The molecule has 4 rings (SSSR count). The van der Waals surface area contributed by atoms with E-state index in [1.54, 1.807) is 23.2 Å². The Morgan fingerprint density at radius 3 is 2.54 bits per heavy atom. The van der Waals surface area contributed by atoms with Crippen molar-refractivity contribution in [2.24, 2.45) is 0 Å². The van der Waals surface area contributed by atoms with E-state index in [-0.39, 0.29) is 29.7 Å².